The zero-order valence-electron chi connectivity index (χ0n) is 6.10. The summed E-state index contributed by atoms with van der Waals surface area (Å²) in [6.07, 6.45) is 4.28. The molecule has 0 rings (SSSR count). The van der Waals surface area contributed by atoms with Crippen molar-refractivity contribution in [2.45, 2.75) is 19.8 Å². The van der Waals surface area contributed by atoms with E-state index in [1.165, 1.54) is 0 Å². The summed E-state index contributed by atoms with van der Waals surface area (Å²) >= 11 is 0. The summed E-state index contributed by atoms with van der Waals surface area (Å²) in [5.74, 6) is 0. The topological polar surface area (TPSA) is 35.2 Å². The molecule has 0 aromatic heterocycles. The van der Waals surface area contributed by atoms with E-state index in [0.717, 1.165) is 32.6 Å². The maximum atomic E-state index is 5.28. The lowest BCUT2D eigenvalue weighted by molar-refractivity contribution is 0.166. The van der Waals surface area contributed by atoms with Crippen molar-refractivity contribution in [3.8, 4) is 0 Å². The molecule has 2 heteroatoms. The Morgan fingerprint density at radius 1 is 1.56 bits per heavy atom. The minimum atomic E-state index is 0.774. The van der Waals surface area contributed by atoms with Crippen LogP contribution < -0.4 is 5.73 Å². The highest BCUT2D eigenvalue weighted by Gasteiger charge is 1.85. The summed E-state index contributed by atoms with van der Waals surface area (Å²) in [5.41, 5.74) is 5.28. The van der Waals surface area contributed by atoms with Crippen LogP contribution in [0.2, 0.25) is 0 Å². The minimum absolute atomic E-state index is 0.774. The number of nitrogens with two attached hydrogens (primary N) is 1. The standard InChI is InChI=1S/C7H16NO/c1-2-9-7-5-3-4-6-8/h5H,2-4,6-8H2,1H3. The Kier molecular flexibility index (Phi) is 7.85. The highest BCUT2D eigenvalue weighted by atomic mass is 16.5. The first-order chi connectivity index (χ1) is 4.41. The van der Waals surface area contributed by atoms with Crippen molar-refractivity contribution < 1.29 is 4.74 Å². The van der Waals surface area contributed by atoms with Gasteiger partial charge in [-0.1, -0.05) is 0 Å². The largest absolute Gasteiger partial charge is 0.381 e. The fourth-order valence-electron chi connectivity index (χ4n) is 0.547. The zero-order valence-corrected chi connectivity index (χ0v) is 6.10. The average molecular weight is 130 g/mol. The molecule has 2 nitrogen and oxygen atoms in total. The van der Waals surface area contributed by atoms with Crippen molar-refractivity contribution >= 4 is 0 Å². The van der Waals surface area contributed by atoms with Gasteiger partial charge in [0.2, 0.25) is 0 Å². The van der Waals surface area contributed by atoms with Gasteiger partial charge in [-0.15, -0.1) is 0 Å². The van der Waals surface area contributed by atoms with Crippen LogP contribution in [0.4, 0.5) is 0 Å². The smallest absolute Gasteiger partial charge is 0.0497 e. The second kappa shape index (κ2) is 7.92. The van der Waals surface area contributed by atoms with Crippen LogP contribution in [0.1, 0.15) is 19.8 Å². The predicted molar refractivity (Wildman–Crippen MR) is 39.1 cm³/mol. The SMILES string of the molecule is CCOC[CH]CCCN. The van der Waals surface area contributed by atoms with E-state index in [9.17, 15) is 0 Å². The highest BCUT2D eigenvalue weighted by Crippen LogP contribution is 1.91. The van der Waals surface area contributed by atoms with Gasteiger partial charge in [0.05, 0.1) is 0 Å². The van der Waals surface area contributed by atoms with Crippen LogP contribution in [0.3, 0.4) is 0 Å². The fraction of sp³-hybridized carbons (Fsp3) is 0.857. The Labute approximate surface area is 57.4 Å². The Bertz CT molecular complexity index is 42.2. The molecule has 0 spiro atoms. The molecule has 0 saturated carbocycles. The van der Waals surface area contributed by atoms with Gasteiger partial charge < -0.3 is 10.5 Å². The van der Waals surface area contributed by atoms with Gasteiger partial charge in [0.1, 0.15) is 0 Å². The molecular weight excluding hydrogens is 114 g/mol. The summed E-state index contributed by atoms with van der Waals surface area (Å²) in [6.45, 7) is 4.36. The van der Waals surface area contributed by atoms with Gasteiger partial charge in [-0.2, -0.15) is 0 Å². The number of rotatable bonds is 6. The summed E-state index contributed by atoms with van der Waals surface area (Å²) in [5, 5.41) is 0. The molecule has 0 amide bonds. The van der Waals surface area contributed by atoms with E-state index >= 15 is 0 Å². The normalized spacial score (nSPS) is 10.0. The minimum Gasteiger partial charge on any atom is -0.381 e. The quantitative estimate of drug-likeness (QED) is 0.544. The zero-order chi connectivity index (χ0) is 6.95. The molecule has 0 fully saturated rings. The first kappa shape index (κ1) is 8.92. The fourth-order valence-corrected chi connectivity index (χ4v) is 0.547. The third-order valence-corrected chi connectivity index (χ3v) is 1.05. The van der Waals surface area contributed by atoms with E-state index < -0.39 is 0 Å². The molecular formula is C7H16NO. The molecule has 0 aliphatic carbocycles. The molecule has 0 bridgehead atoms. The first-order valence-corrected chi connectivity index (χ1v) is 3.51. The van der Waals surface area contributed by atoms with Gasteiger partial charge in [-0.05, 0) is 32.7 Å². The Morgan fingerprint density at radius 3 is 2.89 bits per heavy atom. The number of ether oxygens (including phenoxy) is 1. The van der Waals surface area contributed by atoms with Crippen LogP contribution in [-0.4, -0.2) is 19.8 Å². The molecule has 1 radical (unpaired) electrons. The van der Waals surface area contributed by atoms with Gasteiger partial charge in [0, 0.05) is 13.2 Å². The molecule has 0 unspecified atom stereocenters. The summed E-state index contributed by atoms with van der Waals surface area (Å²) < 4.78 is 5.08. The van der Waals surface area contributed by atoms with E-state index in [2.05, 4.69) is 6.42 Å². The van der Waals surface area contributed by atoms with Crippen molar-refractivity contribution in [3.05, 3.63) is 6.42 Å². The van der Waals surface area contributed by atoms with Gasteiger partial charge >= 0.3 is 0 Å². The van der Waals surface area contributed by atoms with E-state index in [1.54, 1.807) is 0 Å². The first-order valence-electron chi connectivity index (χ1n) is 3.51. The van der Waals surface area contributed by atoms with Crippen LogP contribution in [0.5, 0.6) is 0 Å². The lowest BCUT2D eigenvalue weighted by Gasteiger charge is -1.98. The van der Waals surface area contributed by atoms with E-state index in [4.69, 9.17) is 10.5 Å². The van der Waals surface area contributed by atoms with Gasteiger partial charge in [0.15, 0.2) is 0 Å². The molecule has 0 atom stereocenters. The second-order valence-corrected chi connectivity index (χ2v) is 1.88. The molecule has 0 aromatic carbocycles. The molecule has 9 heavy (non-hydrogen) atoms. The van der Waals surface area contributed by atoms with Crippen molar-refractivity contribution in [2.24, 2.45) is 5.73 Å². The van der Waals surface area contributed by atoms with Crippen molar-refractivity contribution in [2.75, 3.05) is 19.8 Å². The second-order valence-electron chi connectivity index (χ2n) is 1.88. The van der Waals surface area contributed by atoms with Crippen LogP contribution in [0.15, 0.2) is 0 Å². The van der Waals surface area contributed by atoms with E-state index in [0.29, 0.717) is 0 Å². The van der Waals surface area contributed by atoms with Crippen molar-refractivity contribution in [1.82, 2.24) is 0 Å². The molecule has 2 N–H and O–H groups in total. The van der Waals surface area contributed by atoms with Gasteiger partial charge in [0.25, 0.3) is 0 Å². The van der Waals surface area contributed by atoms with Crippen molar-refractivity contribution in [1.29, 1.82) is 0 Å². The summed E-state index contributed by atoms with van der Waals surface area (Å²) in [7, 11) is 0. The van der Waals surface area contributed by atoms with Crippen LogP contribution in [0, 0.1) is 6.42 Å². The molecule has 0 heterocycles. The third-order valence-electron chi connectivity index (χ3n) is 1.05. The van der Waals surface area contributed by atoms with Crippen LogP contribution in [0.25, 0.3) is 0 Å². The predicted octanol–water partition coefficient (Wildman–Crippen LogP) is 0.966. The Hall–Kier alpha value is -0.0800. The lowest BCUT2D eigenvalue weighted by Crippen LogP contribution is -2.00. The summed E-state index contributed by atoms with van der Waals surface area (Å²) in [4.78, 5) is 0. The van der Waals surface area contributed by atoms with Gasteiger partial charge in [-0.25, -0.2) is 0 Å². The van der Waals surface area contributed by atoms with E-state index in [1.807, 2.05) is 6.92 Å². The molecule has 0 aromatic rings. The molecule has 55 valence electrons. The monoisotopic (exact) mass is 130 g/mol. The maximum absolute atomic E-state index is 5.28. The number of hydrogen-bond acceptors (Lipinski definition) is 2. The number of unbranched alkanes of at least 4 members (excludes halogenated alkanes) is 2. The maximum Gasteiger partial charge on any atom is 0.0497 e. The molecule has 0 saturated heterocycles. The average Bonchev–Trinajstić information content (AvgIpc) is 1.89. The van der Waals surface area contributed by atoms with Crippen molar-refractivity contribution in [3.63, 3.8) is 0 Å². The van der Waals surface area contributed by atoms with Crippen LogP contribution >= 0.6 is 0 Å². The Morgan fingerprint density at radius 2 is 2.33 bits per heavy atom. The molecule has 0 aliphatic heterocycles. The third kappa shape index (κ3) is 7.92. The summed E-state index contributed by atoms with van der Waals surface area (Å²) in [6, 6.07) is 0. The lowest BCUT2D eigenvalue weighted by atomic mass is 10.2. The highest BCUT2D eigenvalue weighted by molar-refractivity contribution is 4.62. The van der Waals surface area contributed by atoms with Gasteiger partial charge in [-0.3, -0.25) is 0 Å². The molecule has 0 aliphatic rings. The Balaban J connectivity index is 2.60. The number of hydrogen-bond donors (Lipinski definition) is 1. The van der Waals surface area contributed by atoms with E-state index in [-0.39, 0.29) is 0 Å². The van der Waals surface area contributed by atoms with Crippen LogP contribution in [-0.2, 0) is 4.74 Å².